The number of nitrogens with zero attached hydrogens (tertiary/aromatic N) is 1. The molecule has 0 N–H and O–H groups in total. The first-order valence-electron chi connectivity index (χ1n) is 6.32. The van der Waals surface area contributed by atoms with Gasteiger partial charge in [-0.05, 0) is 46.5 Å². The van der Waals surface area contributed by atoms with Crippen molar-refractivity contribution < 1.29 is 14.0 Å². The SMILES string of the molecule is CCCC1CC(=O)N(C(=O)c2ccc(Br)c(F)c2)C1. The molecule has 1 unspecified atom stereocenters. The van der Waals surface area contributed by atoms with Crippen molar-refractivity contribution in [1.29, 1.82) is 0 Å². The van der Waals surface area contributed by atoms with Crippen molar-refractivity contribution >= 4 is 27.7 Å². The maximum atomic E-state index is 13.4. The molecule has 0 bridgehead atoms. The second kappa shape index (κ2) is 5.82. The Bertz CT molecular complexity index is 518. The van der Waals surface area contributed by atoms with E-state index in [0.717, 1.165) is 18.9 Å². The first kappa shape index (κ1) is 14.2. The van der Waals surface area contributed by atoms with Crippen LogP contribution in [0.4, 0.5) is 4.39 Å². The number of benzene rings is 1. The van der Waals surface area contributed by atoms with Gasteiger partial charge < -0.3 is 0 Å². The molecule has 0 saturated carbocycles. The first-order chi connectivity index (χ1) is 9.02. The highest BCUT2D eigenvalue weighted by Crippen LogP contribution is 2.25. The minimum absolute atomic E-state index is 0.160. The van der Waals surface area contributed by atoms with Gasteiger partial charge in [0.15, 0.2) is 0 Å². The molecule has 0 radical (unpaired) electrons. The summed E-state index contributed by atoms with van der Waals surface area (Å²) in [7, 11) is 0. The van der Waals surface area contributed by atoms with E-state index < -0.39 is 11.7 Å². The zero-order valence-corrected chi connectivity index (χ0v) is 12.2. The van der Waals surface area contributed by atoms with E-state index in [4.69, 9.17) is 0 Å². The van der Waals surface area contributed by atoms with E-state index >= 15 is 0 Å². The molecular weight excluding hydrogens is 313 g/mol. The van der Waals surface area contributed by atoms with Gasteiger partial charge in [0.25, 0.3) is 5.91 Å². The molecule has 3 nitrogen and oxygen atoms in total. The van der Waals surface area contributed by atoms with E-state index in [2.05, 4.69) is 22.9 Å². The van der Waals surface area contributed by atoms with Gasteiger partial charge in [-0.25, -0.2) is 4.39 Å². The Balaban J connectivity index is 2.15. The molecule has 19 heavy (non-hydrogen) atoms. The van der Waals surface area contributed by atoms with E-state index in [0.29, 0.717) is 17.4 Å². The van der Waals surface area contributed by atoms with Crippen LogP contribution < -0.4 is 0 Å². The summed E-state index contributed by atoms with van der Waals surface area (Å²) in [6.45, 7) is 2.50. The van der Waals surface area contributed by atoms with Crippen molar-refractivity contribution in [3.05, 3.63) is 34.1 Å². The van der Waals surface area contributed by atoms with Crippen LogP contribution in [0.5, 0.6) is 0 Å². The lowest BCUT2D eigenvalue weighted by atomic mass is 10.0. The molecule has 2 amide bonds. The third-order valence-electron chi connectivity index (χ3n) is 3.31. The van der Waals surface area contributed by atoms with Crippen LogP contribution in [0.3, 0.4) is 0 Å². The third kappa shape index (κ3) is 3.03. The summed E-state index contributed by atoms with van der Waals surface area (Å²) in [5.41, 5.74) is 0.214. The number of amides is 2. The molecule has 1 atom stereocenters. The van der Waals surface area contributed by atoms with Crippen LogP contribution >= 0.6 is 15.9 Å². The topological polar surface area (TPSA) is 37.4 Å². The number of carbonyl (C=O) groups excluding carboxylic acids is 2. The standard InChI is InChI=1S/C14H15BrFNO2/c1-2-3-9-6-13(18)17(8-9)14(19)10-4-5-11(15)12(16)7-10/h4-5,7,9H,2-3,6,8H2,1H3. The van der Waals surface area contributed by atoms with Gasteiger partial charge in [-0.15, -0.1) is 0 Å². The number of hydrogen-bond donors (Lipinski definition) is 0. The smallest absolute Gasteiger partial charge is 0.260 e. The fourth-order valence-electron chi connectivity index (χ4n) is 2.36. The van der Waals surface area contributed by atoms with Crippen LogP contribution in [0.25, 0.3) is 0 Å². The number of imide groups is 1. The molecule has 1 heterocycles. The van der Waals surface area contributed by atoms with Gasteiger partial charge in [0.1, 0.15) is 5.82 Å². The monoisotopic (exact) mass is 327 g/mol. The van der Waals surface area contributed by atoms with Crippen LogP contribution in [0, 0.1) is 11.7 Å². The minimum atomic E-state index is -0.498. The summed E-state index contributed by atoms with van der Waals surface area (Å²) < 4.78 is 13.7. The minimum Gasteiger partial charge on any atom is -0.278 e. The Morgan fingerprint density at radius 2 is 2.26 bits per heavy atom. The normalized spacial score (nSPS) is 19.0. The Hall–Kier alpha value is -1.23. The highest BCUT2D eigenvalue weighted by atomic mass is 79.9. The van der Waals surface area contributed by atoms with Crippen LogP contribution in [-0.4, -0.2) is 23.3 Å². The largest absolute Gasteiger partial charge is 0.278 e. The molecule has 1 aliphatic heterocycles. The molecule has 0 aliphatic carbocycles. The van der Waals surface area contributed by atoms with Gasteiger partial charge in [-0.2, -0.15) is 0 Å². The Kier molecular flexibility index (Phi) is 4.34. The van der Waals surface area contributed by atoms with E-state index in [1.807, 2.05) is 0 Å². The van der Waals surface area contributed by atoms with Crippen LogP contribution in [-0.2, 0) is 4.79 Å². The average Bonchev–Trinajstić information content (AvgIpc) is 2.73. The molecule has 1 fully saturated rings. The summed E-state index contributed by atoms with van der Waals surface area (Å²) in [5.74, 6) is -0.828. The second-order valence-electron chi connectivity index (χ2n) is 4.80. The third-order valence-corrected chi connectivity index (χ3v) is 3.96. The van der Waals surface area contributed by atoms with Crippen molar-refractivity contribution in [3.8, 4) is 0 Å². The zero-order chi connectivity index (χ0) is 14.0. The van der Waals surface area contributed by atoms with Crippen LogP contribution in [0.15, 0.2) is 22.7 Å². The molecule has 5 heteroatoms. The molecule has 1 aromatic rings. The lowest BCUT2D eigenvalue weighted by Gasteiger charge is -2.15. The summed E-state index contributed by atoms with van der Waals surface area (Å²) in [4.78, 5) is 25.3. The summed E-state index contributed by atoms with van der Waals surface area (Å²) >= 11 is 3.04. The molecule has 1 aromatic carbocycles. The lowest BCUT2D eigenvalue weighted by molar-refractivity contribution is -0.125. The summed E-state index contributed by atoms with van der Waals surface area (Å²) in [6, 6.07) is 4.16. The Labute approximate surface area is 119 Å². The number of rotatable bonds is 3. The van der Waals surface area contributed by atoms with E-state index in [9.17, 15) is 14.0 Å². The predicted molar refractivity (Wildman–Crippen MR) is 73.2 cm³/mol. The highest BCUT2D eigenvalue weighted by molar-refractivity contribution is 9.10. The van der Waals surface area contributed by atoms with Crippen LogP contribution in [0.1, 0.15) is 36.5 Å². The summed E-state index contributed by atoms with van der Waals surface area (Å²) in [5, 5.41) is 0. The van der Waals surface area contributed by atoms with Crippen molar-refractivity contribution in [2.24, 2.45) is 5.92 Å². The van der Waals surface area contributed by atoms with Gasteiger partial charge in [-0.1, -0.05) is 13.3 Å². The van der Waals surface area contributed by atoms with E-state index in [1.54, 1.807) is 0 Å². The van der Waals surface area contributed by atoms with Crippen molar-refractivity contribution in [2.45, 2.75) is 26.2 Å². The number of carbonyl (C=O) groups is 2. The fourth-order valence-corrected chi connectivity index (χ4v) is 2.61. The maximum Gasteiger partial charge on any atom is 0.260 e. The maximum absolute atomic E-state index is 13.4. The quantitative estimate of drug-likeness (QED) is 0.798. The molecule has 1 aliphatic rings. The molecule has 0 spiro atoms. The second-order valence-corrected chi connectivity index (χ2v) is 5.65. The van der Waals surface area contributed by atoms with E-state index in [-0.39, 0.29) is 17.4 Å². The van der Waals surface area contributed by atoms with E-state index in [1.165, 1.54) is 17.0 Å². The van der Waals surface area contributed by atoms with Gasteiger partial charge in [0, 0.05) is 18.5 Å². The number of halogens is 2. The van der Waals surface area contributed by atoms with Crippen molar-refractivity contribution in [1.82, 2.24) is 4.90 Å². The van der Waals surface area contributed by atoms with Crippen LogP contribution in [0.2, 0.25) is 0 Å². The highest BCUT2D eigenvalue weighted by Gasteiger charge is 2.33. The number of hydrogen-bond acceptors (Lipinski definition) is 2. The number of likely N-dealkylation sites (tertiary alicyclic amines) is 1. The van der Waals surface area contributed by atoms with Gasteiger partial charge >= 0.3 is 0 Å². The average molecular weight is 328 g/mol. The molecule has 1 saturated heterocycles. The predicted octanol–water partition coefficient (Wildman–Crippen LogP) is 3.38. The Morgan fingerprint density at radius 3 is 2.89 bits per heavy atom. The first-order valence-corrected chi connectivity index (χ1v) is 7.12. The molecule has 2 rings (SSSR count). The zero-order valence-electron chi connectivity index (χ0n) is 10.7. The Morgan fingerprint density at radius 1 is 1.53 bits per heavy atom. The lowest BCUT2D eigenvalue weighted by Crippen LogP contribution is -2.32. The van der Waals surface area contributed by atoms with Gasteiger partial charge in [0.2, 0.25) is 5.91 Å². The van der Waals surface area contributed by atoms with Crippen molar-refractivity contribution in [2.75, 3.05) is 6.54 Å². The molecule has 0 aromatic heterocycles. The molecule has 102 valence electrons. The van der Waals surface area contributed by atoms with Gasteiger partial charge in [-0.3, -0.25) is 14.5 Å². The molecular formula is C14H15BrFNO2. The van der Waals surface area contributed by atoms with Crippen molar-refractivity contribution in [3.63, 3.8) is 0 Å². The van der Waals surface area contributed by atoms with Gasteiger partial charge in [0.05, 0.1) is 4.47 Å². The summed E-state index contributed by atoms with van der Waals surface area (Å²) in [6.07, 6.45) is 2.34. The fraction of sp³-hybridized carbons (Fsp3) is 0.429.